The number of halogens is 1. The summed E-state index contributed by atoms with van der Waals surface area (Å²) in [6, 6.07) is 7.94. The van der Waals surface area contributed by atoms with Crippen molar-refractivity contribution in [2.75, 3.05) is 11.5 Å². The summed E-state index contributed by atoms with van der Waals surface area (Å²) in [7, 11) is 0. The second-order valence-electron chi connectivity index (χ2n) is 3.68. The summed E-state index contributed by atoms with van der Waals surface area (Å²) < 4.78 is 1.86. The molecular weight excluding hydrogens is 254 g/mol. The van der Waals surface area contributed by atoms with E-state index in [1.165, 1.54) is 5.56 Å². The molecule has 0 aliphatic heterocycles. The van der Waals surface area contributed by atoms with Gasteiger partial charge in [-0.25, -0.2) is 0 Å². The summed E-state index contributed by atoms with van der Waals surface area (Å²) >= 11 is 7.91. The first kappa shape index (κ1) is 12.3. The first-order valence-electron chi connectivity index (χ1n) is 5.35. The Labute approximate surface area is 110 Å². The molecule has 1 heterocycles. The molecule has 2 aromatic rings. The predicted molar refractivity (Wildman–Crippen MR) is 74.3 cm³/mol. The number of anilines is 1. The van der Waals surface area contributed by atoms with E-state index in [-0.39, 0.29) is 0 Å². The quantitative estimate of drug-likeness (QED) is 0.847. The first-order valence-corrected chi connectivity index (χ1v) is 6.88. The third-order valence-electron chi connectivity index (χ3n) is 2.33. The molecule has 0 aliphatic carbocycles. The zero-order chi connectivity index (χ0) is 12.1. The summed E-state index contributed by atoms with van der Waals surface area (Å²) in [5, 5.41) is 4.97. The van der Waals surface area contributed by atoms with Gasteiger partial charge in [-0.2, -0.15) is 16.9 Å². The molecular formula is C12H14ClN3S. The van der Waals surface area contributed by atoms with Gasteiger partial charge in [0.25, 0.3) is 0 Å². The highest BCUT2D eigenvalue weighted by Gasteiger charge is 1.99. The fraction of sp³-hybridized carbons (Fsp3) is 0.250. The maximum Gasteiger partial charge on any atom is 0.0719 e. The SMILES string of the molecule is Nc1cnn(CCSCc2ccccc2Cl)c1. The molecule has 0 fully saturated rings. The minimum absolute atomic E-state index is 0.709. The van der Waals surface area contributed by atoms with E-state index in [9.17, 15) is 0 Å². The number of aromatic nitrogens is 2. The third-order valence-corrected chi connectivity index (χ3v) is 3.69. The highest BCUT2D eigenvalue weighted by Crippen LogP contribution is 2.20. The third kappa shape index (κ3) is 3.68. The van der Waals surface area contributed by atoms with Crippen LogP contribution >= 0.6 is 23.4 Å². The number of nitrogen functional groups attached to an aromatic ring is 1. The average molecular weight is 268 g/mol. The lowest BCUT2D eigenvalue weighted by Gasteiger charge is -2.04. The van der Waals surface area contributed by atoms with E-state index in [2.05, 4.69) is 11.2 Å². The van der Waals surface area contributed by atoms with E-state index in [0.29, 0.717) is 5.69 Å². The zero-order valence-corrected chi connectivity index (χ0v) is 10.9. The van der Waals surface area contributed by atoms with Gasteiger partial charge in [0.05, 0.1) is 18.4 Å². The lowest BCUT2D eigenvalue weighted by Crippen LogP contribution is -2.00. The van der Waals surface area contributed by atoms with Crippen LogP contribution in [0.25, 0.3) is 0 Å². The summed E-state index contributed by atoms with van der Waals surface area (Å²) in [5.74, 6) is 1.92. The van der Waals surface area contributed by atoms with Crippen molar-refractivity contribution in [1.82, 2.24) is 9.78 Å². The van der Waals surface area contributed by atoms with Crippen molar-refractivity contribution in [3.05, 3.63) is 47.2 Å². The second kappa shape index (κ2) is 5.98. The predicted octanol–water partition coefficient (Wildman–Crippen LogP) is 3.05. The minimum atomic E-state index is 0.709. The number of hydrogen-bond acceptors (Lipinski definition) is 3. The molecule has 0 spiro atoms. The Hall–Kier alpha value is -1.13. The number of nitrogens with two attached hydrogens (primary N) is 1. The molecule has 0 saturated carbocycles. The molecule has 0 bridgehead atoms. The van der Waals surface area contributed by atoms with Crippen LogP contribution in [-0.4, -0.2) is 15.5 Å². The largest absolute Gasteiger partial charge is 0.396 e. The molecule has 1 aromatic heterocycles. The lowest BCUT2D eigenvalue weighted by atomic mass is 10.2. The van der Waals surface area contributed by atoms with Crippen molar-refractivity contribution >= 4 is 29.1 Å². The fourth-order valence-corrected chi connectivity index (χ4v) is 2.67. The van der Waals surface area contributed by atoms with Crippen molar-refractivity contribution in [2.45, 2.75) is 12.3 Å². The van der Waals surface area contributed by atoms with Crippen LogP contribution in [0.1, 0.15) is 5.56 Å². The Balaban J connectivity index is 1.75. The van der Waals surface area contributed by atoms with Crippen LogP contribution in [0.15, 0.2) is 36.7 Å². The smallest absolute Gasteiger partial charge is 0.0719 e. The number of aryl methyl sites for hydroxylation is 1. The van der Waals surface area contributed by atoms with E-state index in [4.69, 9.17) is 17.3 Å². The molecule has 0 radical (unpaired) electrons. The van der Waals surface area contributed by atoms with Gasteiger partial charge in [-0.3, -0.25) is 4.68 Å². The van der Waals surface area contributed by atoms with Gasteiger partial charge in [0.1, 0.15) is 0 Å². The van der Waals surface area contributed by atoms with E-state index in [1.807, 2.05) is 40.8 Å². The molecule has 0 atom stereocenters. The van der Waals surface area contributed by atoms with E-state index in [0.717, 1.165) is 23.1 Å². The highest BCUT2D eigenvalue weighted by atomic mass is 35.5. The lowest BCUT2D eigenvalue weighted by molar-refractivity contribution is 0.666. The van der Waals surface area contributed by atoms with Gasteiger partial charge < -0.3 is 5.73 Å². The standard InChI is InChI=1S/C12H14ClN3S/c13-12-4-2-1-3-10(12)9-17-6-5-16-8-11(14)7-15-16/h1-4,7-8H,5-6,9,14H2. The normalized spacial score (nSPS) is 10.6. The molecule has 0 saturated heterocycles. The van der Waals surface area contributed by atoms with Crippen LogP contribution in [0.4, 0.5) is 5.69 Å². The molecule has 0 amide bonds. The first-order chi connectivity index (χ1) is 8.25. The molecule has 2 N–H and O–H groups in total. The molecule has 3 nitrogen and oxygen atoms in total. The molecule has 90 valence electrons. The van der Waals surface area contributed by atoms with Crippen LogP contribution in [-0.2, 0) is 12.3 Å². The Kier molecular flexibility index (Phi) is 4.34. The van der Waals surface area contributed by atoms with Gasteiger partial charge in [0, 0.05) is 22.7 Å². The number of thioether (sulfide) groups is 1. The van der Waals surface area contributed by atoms with Crippen molar-refractivity contribution < 1.29 is 0 Å². The minimum Gasteiger partial charge on any atom is -0.396 e. The van der Waals surface area contributed by atoms with Crippen LogP contribution in [0.3, 0.4) is 0 Å². The van der Waals surface area contributed by atoms with Crippen LogP contribution in [0, 0.1) is 0 Å². The summed E-state index contributed by atoms with van der Waals surface area (Å²) in [6.45, 7) is 0.867. The van der Waals surface area contributed by atoms with E-state index in [1.54, 1.807) is 6.20 Å². The van der Waals surface area contributed by atoms with Crippen molar-refractivity contribution in [3.8, 4) is 0 Å². The highest BCUT2D eigenvalue weighted by molar-refractivity contribution is 7.98. The summed E-state index contributed by atoms with van der Waals surface area (Å²) in [5.41, 5.74) is 7.48. The Bertz CT molecular complexity index is 484. The number of benzene rings is 1. The second-order valence-corrected chi connectivity index (χ2v) is 5.19. The van der Waals surface area contributed by atoms with Crippen molar-refractivity contribution in [1.29, 1.82) is 0 Å². The van der Waals surface area contributed by atoms with Gasteiger partial charge >= 0.3 is 0 Å². The zero-order valence-electron chi connectivity index (χ0n) is 9.34. The molecule has 0 unspecified atom stereocenters. The van der Waals surface area contributed by atoms with Crippen LogP contribution in [0.5, 0.6) is 0 Å². The maximum absolute atomic E-state index is 6.08. The Morgan fingerprint density at radius 3 is 2.88 bits per heavy atom. The molecule has 17 heavy (non-hydrogen) atoms. The van der Waals surface area contributed by atoms with Gasteiger partial charge in [-0.05, 0) is 11.6 Å². The van der Waals surface area contributed by atoms with Gasteiger partial charge in [0.2, 0.25) is 0 Å². The van der Waals surface area contributed by atoms with Crippen LogP contribution < -0.4 is 5.73 Å². The molecule has 0 aliphatic rings. The topological polar surface area (TPSA) is 43.8 Å². The summed E-state index contributed by atoms with van der Waals surface area (Å²) in [6.07, 6.45) is 3.51. The van der Waals surface area contributed by atoms with E-state index >= 15 is 0 Å². The monoisotopic (exact) mass is 267 g/mol. The van der Waals surface area contributed by atoms with E-state index < -0.39 is 0 Å². The molecule has 5 heteroatoms. The van der Waals surface area contributed by atoms with Gasteiger partial charge in [-0.15, -0.1) is 0 Å². The van der Waals surface area contributed by atoms with Crippen molar-refractivity contribution in [2.24, 2.45) is 0 Å². The average Bonchev–Trinajstić information content (AvgIpc) is 2.73. The Morgan fingerprint density at radius 2 is 2.18 bits per heavy atom. The Morgan fingerprint density at radius 1 is 1.35 bits per heavy atom. The number of nitrogens with zero attached hydrogens (tertiary/aromatic N) is 2. The van der Waals surface area contributed by atoms with Gasteiger partial charge in [-0.1, -0.05) is 29.8 Å². The molecule has 2 rings (SSSR count). The summed E-state index contributed by atoms with van der Waals surface area (Å²) in [4.78, 5) is 0. The number of rotatable bonds is 5. The number of hydrogen-bond donors (Lipinski definition) is 1. The van der Waals surface area contributed by atoms with Gasteiger partial charge in [0.15, 0.2) is 0 Å². The molecule has 1 aromatic carbocycles. The van der Waals surface area contributed by atoms with Crippen LogP contribution in [0.2, 0.25) is 5.02 Å². The maximum atomic E-state index is 6.08. The van der Waals surface area contributed by atoms with Crippen molar-refractivity contribution in [3.63, 3.8) is 0 Å². The fourth-order valence-electron chi connectivity index (χ4n) is 1.46.